The third-order valence-electron chi connectivity index (χ3n) is 4.25. The first kappa shape index (κ1) is 13.6. The third kappa shape index (κ3) is 2.85. The van der Waals surface area contributed by atoms with Crippen LogP contribution < -0.4 is 19.7 Å². The average molecular weight is 276 g/mol. The molecule has 0 amide bonds. The zero-order chi connectivity index (χ0) is 13.9. The van der Waals surface area contributed by atoms with Gasteiger partial charge < -0.3 is 19.7 Å². The highest BCUT2D eigenvalue weighted by Crippen LogP contribution is 2.37. The highest BCUT2D eigenvalue weighted by Gasteiger charge is 2.26. The molecular weight excluding hydrogens is 252 g/mol. The van der Waals surface area contributed by atoms with Crippen molar-refractivity contribution in [2.24, 2.45) is 5.92 Å². The van der Waals surface area contributed by atoms with Crippen molar-refractivity contribution >= 4 is 5.69 Å². The van der Waals surface area contributed by atoms with Crippen LogP contribution in [-0.4, -0.2) is 39.4 Å². The molecule has 1 atom stereocenters. The van der Waals surface area contributed by atoms with Crippen molar-refractivity contribution in [3.63, 3.8) is 0 Å². The van der Waals surface area contributed by atoms with Gasteiger partial charge in [0.05, 0.1) is 19.3 Å². The Bertz CT molecular complexity index is 458. The Kier molecular flexibility index (Phi) is 4.01. The first-order chi connectivity index (χ1) is 9.76. The van der Waals surface area contributed by atoms with Crippen molar-refractivity contribution in [3.05, 3.63) is 18.2 Å². The van der Waals surface area contributed by atoms with Crippen LogP contribution in [0.1, 0.15) is 19.8 Å². The summed E-state index contributed by atoms with van der Waals surface area (Å²) in [6.07, 6.45) is 2.79. The zero-order valence-electron chi connectivity index (χ0n) is 12.4. The summed E-state index contributed by atoms with van der Waals surface area (Å²) >= 11 is 0. The van der Waals surface area contributed by atoms with E-state index >= 15 is 0 Å². The summed E-state index contributed by atoms with van der Waals surface area (Å²) < 4.78 is 11.3. The Morgan fingerprint density at radius 3 is 2.90 bits per heavy atom. The number of nitrogens with one attached hydrogen (secondary N) is 1. The van der Waals surface area contributed by atoms with E-state index < -0.39 is 0 Å². The quantitative estimate of drug-likeness (QED) is 0.918. The molecule has 4 nitrogen and oxygen atoms in total. The standard InChI is InChI=1S/C16H24N2O2/c1-12-10-18(11-13-5-7-17-8-6-13)15-9-14(19-2)3-4-16(15)20-12/h3-4,9,12-13,17H,5-8,10-11H2,1-2H3. The number of hydrogen-bond donors (Lipinski definition) is 1. The van der Waals surface area contributed by atoms with Crippen LogP contribution in [0.4, 0.5) is 5.69 Å². The number of methoxy groups -OCH3 is 1. The molecule has 1 aromatic rings. The summed E-state index contributed by atoms with van der Waals surface area (Å²) in [6.45, 7) is 6.52. The monoisotopic (exact) mass is 276 g/mol. The van der Waals surface area contributed by atoms with Gasteiger partial charge in [0.2, 0.25) is 0 Å². The fraction of sp³-hybridized carbons (Fsp3) is 0.625. The molecule has 0 aliphatic carbocycles. The van der Waals surface area contributed by atoms with Crippen LogP contribution in [0.5, 0.6) is 11.5 Å². The van der Waals surface area contributed by atoms with E-state index in [-0.39, 0.29) is 6.10 Å². The Labute approximate surface area is 121 Å². The van der Waals surface area contributed by atoms with Gasteiger partial charge in [0.25, 0.3) is 0 Å². The number of nitrogens with zero attached hydrogens (tertiary/aromatic N) is 1. The maximum Gasteiger partial charge on any atom is 0.143 e. The van der Waals surface area contributed by atoms with Gasteiger partial charge in [-0.2, -0.15) is 0 Å². The Morgan fingerprint density at radius 1 is 1.35 bits per heavy atom. The van der Waals surface area contributed by atoms with Crippen LogP contribution >= 0.6 is 0 Å². The number of fused-ring (bicyclic) bond motifs is 1. The Morgan fingerprint density at radius 2 is 2.15 bits per heavy atom. The van der Waals surface area contributed by atoms with Gasteiger partial charge in [-0.05, 0) is 50.9 Å². The van der Waals surface area contributed by atoms with Gasteiger partial charge in [0.1, 0.15) is 17.6 Å². The summed E-state index contributed by atoms with van der Waals surface area (Å²) in [5.41, 5.74) is 1.18. The van der Waals surface area contributed by atoms with Gasteiger partial charge >= 0.3 is 0 Å². The molecule has 1 N–H and O–H groups in total. The molecule has 1 aromatic carbocycles. The summed E-state index contributed by atoms with van der Waals surface area (Å²) in [4.78, 5) is 2.47. The molecule has 3 rings (SSSR count). The minimum atomic E-state index is 0.248. The first-order valence-electron chi connectivity index (χ1n) is 7.56. The van der Waals surface area contributed by atoms with Crippen LogP contribution in [-0.2, 0) is 0 Å². The minimum absolute atomic E-state index is 0.248. The lowest BCUT2D eigenvalue weighted by molar-refractivity contribution is 0.207. The van der Waals surface area contributed by atoms with Crippen LogP contribution in [0.15, 0.2) is 18.2 Å². The molecule has 2 heterocycles. The highest BCUT2D eigenvalue weighted by atomic mass is 16.5. The molecule has 1 fully saturated rings. The van der Waals surface area contributed by atoms with E-state index in [4.69, 9.17) is 9.47 Å². The normalized spacial score (nSPS) is 23.1. The summed E-state index contributed by atoms with van der Waals surface area (Å²) in [5.74, 6) is 2.66. The molecule has 0 radical (unpaired) electrons. The SMILES string of the molecule is COc1ccc2c(c1)N(CC1CCNCC1)CC(C)O2. The number of anilines is 1. The number of benzene rings is 1. The molecule has 0 saturated carbocycles. The van der Waals surface area contributed by atoms with E-state index in [1.165, 1.54) is 18.5 Å². The van der Waals surface area contributed by atoms with Crippen LogP contribution in [0.25, 0.3) is 0 Å². The van der Waals surface area contributed by atoms with E-state index in [1.807, 2.05) is 12.1 Å². The van der Waals surface area contributed by atoms with E-state index in [1.54, 1.807) is 7.11 Å². The molecule has 1 saturated heterocycles. The molecule has 20 heavy (non-hydrogen) atoms. The van der Waals surface area contributed by atoms with Gasteiger partial charge in [-0.25, -0.2) is 0 Å². The van der Waals surface area contributed by atoms with Gasteiger partial charge in [-0.1, -0.05) is 0 Å². The topological polar surface area (TPSA) is 33.7 Å². The third-order valence-corrected chi connectivity index (χ3v) is 4.25. The van der Waals surface area contributed by atoms with Gasteiger partial charge in [-0.3, -0.25) is 0 Å². The fourth-order valence-electron chi connectivity index (χ4n) is 3.18. The maximum atomic E-state index is 5.94. The minimum Gasteiger partial charge on any atom is -0.497 e. The van der Waals surface area contributed by atoms with E-state index in [2.05, 4.69) is 23.2 Å². The van der Waals surface area contributed by atoms with Crippen molar-refractivity contribution < 1.29 is 9.47 Å². The average Bonchev–Trinajstić information content (AvgIpc) is 2.48. The smallest absolute Gasteiger partial charge is 0.143 e. The largest absolute Gasteiger partial charge is 0.497 e. The van der Waals surface area contributed by atoms with E-state index in [0.29, 0.717) is 0 Å². The Hall–Kier alpha value is -1.42. The lowest BCUT2D eigenvalue weighted by Gasteiger charge is -2.38. The second kappa shape index (κ2) is 5.92. The molecule has 2 aliphatic rings. The fourth-order valence-corrected chi connectivity index (χ4v) is 3.18. The molecule has 0 spiro atoms. The molecule has 4 heteroatoms. The summed E-state index contributed by atoms with van der Waals surface area (Å²) in [7, 11) is 1.71. The zero-order valence-corrected chi connectivity index (χ0v) is 12.4. The molecule has 0 aromatic heterocycles. The van der Waals surface area contributed by atoms with E-state index in [0.717, 1.165) is 43.6 Å². The number of rotatable bonds is 3. The lowest BCUT2D eigenvalue weighted by atomic mass is 9.97. The molecular formula is C16H24N2O2. The van der Waals surface area contributed by atoms with Crippen molar-refractivity contribution in [1.82, 2.24) is 5.32 Å². The predicted molar refractivity (Wildman–Crippen MR) is 80.9 cm³/mol. The highest BCUT2D eigenvalue weighted by molar-refractivity contribution is 5.63. The molecule has 1 unspecified atom stereocenters. The van der Waals surface area contributed by atoms with Gasteiger partial charge in [0.15, 0.2) is 0 Å². The first-order valence-corrected chi connectivity index (χ1v) is 7.56. The van der Waals surface area contributed by atoms with Gasteiger partial charge in [0, 0.05) is 12.6 Å². The number of ether oxygens (including phenoxy) is 2. The molecule has 110 valence electrons. The summed E-state index contributed by atoms with van der Waals surface area (Å²) in [6, 6.07) is 6.10. The molecule has 0 bridgehead atoms. The van der Waals surface area contributed by atoms with Crippen LogP contribution in [0, 0.1) is 5.92 Å². The van der Waals surface area contributed by atoms with Gasteiger partial charge in [-0.15, -0.1) is 0 Å². The van der Waals surface area contributed by atoms with Crippen molar-refractivity contribution in [2.45, 2.75) is 25.9 Å². The number of piperidine rings is 1. The lowest BCUT2D eigenvalue weighted by Crippen LogP contribution is -2.43. The van der Waals surface area contributed by atoms with E-state index in [9.17, 15) is 0 Å². The maximum absolute atomic E-state index is 5.94. The van der Waals surface area contributed by atoms with Crippen molar-refractivity contribution in [3.8, 4) is 11.5 Å². The second-order valence-corrected chi connectivity index (χ2v) is 5.86. The number of hydrogen-bond acceptors (Lipinski definition) is 4. The second-order valence-electron chi connectivity index (χ2n) is 5.86. The van der Waals surface area contributed by atoms with Crippen LogP contribution in [0.3, 0.4) is 0 Å². The van der Waals surface area contributed by atoms with Crippen molar-refractivity contribution in [2.75, 3.05) is 38.2 Å². The summed E-state index contributed by atoms with van der Waals surface area (Å²) in [5, 5.41) is 3.43. The predicted octanol–water partition coefficient (Wildman–Crippen LogP) is 2.28. The molecule has 2 aliphatic heterocycles. The van der Waals surface area contributed by atoms with Crippen LogP contribution in [0.2, 0.25) is 0 Å². The Balaban J connectivity index is 1.80. The van der Waals surface area contributed by atoms with Crippen molar-refractivity contribution in [1.29, 1.82) is 0 Å².